The molecule has 0 spiro atoms. The van der Waals surface area contributed by atoms with Crippen LogP contribution in [0, 0.1) is 5.82 Å². The lowest BCUT2D eigenvalue weighted by molar-refractivity contribution is -0.140. The highest BCUT2D eigenvalue weighted by atomic mass is 35.5. The van der Waals surface area contributed by atoms with E-state index >= 15 is 0 Å². The van der Waals surface area contributed by atoms with Gasteiger partial charge in [0.2, 0.25) is 5.91 Å². The van der Waals surface area contributed by atoms with Gasteiger partial charge in [0, 0.05) is 41.3 Å². The van der Waals surface area contributed by atoms with E-state index in [2.05, 4.69) is 15.6 Å². The third kappa shape index (κ3) is 6.05. The summed E-state index contributed by atoms with van der Waals surface area (Å²) in [5, 5.41) is 6.17. The fraction of sp³-hybridized carbons (Fsp3) is 0.370. The van der Waals surface area contributed by atoms with E-state index in [-0.39, 0.29) is 17.1 Å². The minimum atomic E-state index is -1.08. The molecule has 10 heteroatoms. The Balaban J connectivity index is 1.56. The molecule has 0 radical (unpaired) electrons. The first kappa shape index (κ1) is 26.5. The maximum Gasteiger partial charge on any atom is 0.408 e. The second-order valence-electron chi connectivity index (χ2n) is 9.99. The number of halogens is 2. The maximum absolute atomic E-state index is 14.3. The van der Waals surface area contributed by atoms with E-state index in [9.17, 15) is 18.8 Å². The van der Waals surface area contributed by atoms with Crippen molar-refractivity contribution >= 4 is 40.4 Å². The zero-order chi connectivity index (χ0) is 26.7. The number of hydrogen-bond donors (Lipinski definition) is 3. The van der Waals surface area contributed by atoms with Gasteiger partial charge >= 0.3 is 6.09 Å². The largest absolute Gasteiger partial charge is 0.444 e. The Morgan fingerprint density at radius 1 is 1.19 bits per heavy atom. The number of likely N-dealkylation sites (tertiary alicyclic amines) is 1. The van der Waals surface area contributed by atoms with Crippen molar-refractivity contribution in [3.8, 4) is 0 Å². The number of nitrogens with zero attached hydrogens (tertiary/aromatic N) is 1. The van der Waals surface area contributed by atoms with Crippen LogP contribution in [0.3, 0.4) is 0 Å². The van der Waals surface area contributed by atoms with Crippen LogP contribution in [-0.2, 0) is 20.9 Å². The second kappa shape index (κ2) is 10.8. The molecule has 1 aromatic heterocycles. The van der Waals surface area contributed by atoms with Gasteiger partial charge in [-0.1, -0.05) is 41.9 Å². The number of aromatic amines is 1. The number of alkyl carbamates (subject to hydrolysis) is 1. The zero-order valence-electron chi connectivity index (χ0n) is 20.9. The first-order valence-electron chi connectivity index (χ1n) is 12.1. The highest BCUT2D eigenvalue weighted by molar-refractivity contribution is 6.30. The van der Waals surface area contributed by atoms with Gasteiger partial charge in [-0.05, 0) is 45.7 Å². The van der Waals surface area contributed by atoms with Crippen LogP contribution in [0.2, 0.25) is 5.02 Å². The molecule has 1 aliphatic heterocycles. The molecule has 196 valence electrons. The van der Waals surface area contributed by atoms with Gasteiger partial charge in [0.25, 0.3) is 5.91 Å². The van der Waals surface area contributed by atoms with E-state index in [1.165, 1.54) is 17.0 Å². The summed E-state index contributed by atoms with van der Waals surface area (Å²) >= 11 is 5.84. The number of aromatic nitrogens is 1. The van der Waals surface area contributed by atoms with Gasteiger partial charge < -0.3 is 25.3 Å². The topological polar surface area (TPSA) is 104 Å². The Morgan fingerprint density at radius 3 is 2.70 bits per heavy atom. The Morgan fingerprint density at radius 2 is 1.95 bits per heavy atom. The van der Waals surface area contributed by atoms with Gasteiger partial charge in [-0.25, -0.2) is 9.18 Å². The fourth-order valence-corrected chi connectivity index (χ4v) is 4.68. The van der Waals surface area contributed by atoms with Crippen molar-refractivity contribution in [1.29, 1.82) is 0 Å². The molecule has 0 aliphatic carbocycles. The predicted molar refractivity (Wildman–Crippen MR) is 138 cm³/mol. The van der Waals surface area contributed by atoms with E-state index < -0.39 is 41.4 Å². The highest BCUT2D eigenvalue weighted by Gasteiger charge is 2.39. The molecule has 8 nitrogen and oxygen atoms in total. The molecule has 37 heavy (non-hydrogen) atoms. The summed E-state index contributed by atoms with van der Waals surface area (Å²) in [4.78, 5) is 44.3. The standard InChI is InChI=1S/C27H30ClFN4O4/c1-27(2,3)37-26(36)32-23(18-15-30-20-11-5-4-9-17(18)20)25(35)33-13-7-12-21(33)24(34)31-14-16-8-6-10-19(28)22(16)29/h4-6,8-11,15,21,23,30H,7,12-14H2,1-3H3,(H,31,34)(H,32,36). The van der Waals surface area contributed by atoms with Crippen molar-refractivity contribution < 1.29 is 23.5 Å². The van der Waals surface area contributed by atoms with Gasteiger partial charge in [-0.2, -0.15) is 0 Å². The predicted octanol–water partition coefficient (Wildman–Crippen LogP) is 4.83. The lowest BCUT2D eigenvalue weighted by Crippen LogP contribution is -2.50. The molecule has 0 bridgehead atoms. The van der Waals surface area contributed by atoms with E-state index in [0.29, 0.717) is 24.9 Å². The summed E-state index contributed by atoms with van der Waals surface area (Å²) in [7, 11) is 0. The van der Waals surface area contributed by atoms with Gasteiger partial charge in [0.05, 0.1) is 5.02 Å². The molecule has 1 fully saturated rings. The third-order valence-electron chi connectivity index (χ3n) is 6.16. The van der Waals surface area contributed by atoms with E-state index in [1.807, 2.05) is 24.3 Å². The molecule has 2 aromatic carbocycles. The van der Waals surface area contributed by atoms with E-state index in [4.69, 9.17) is 16.3 Å². The number of nitrogens with one attached hydrogen (secondary N) is 3. The molecule has 1 saturated heterocycles. The number of carbonyl (C=O) groups is 3. The number of carbonyl (C=O) groups excluding carboxylic acids is 3. The second-order valence-corrected chi connectivity index (χ2v) is 10.4. The summed E-state index contributed by atoms with van der Waals surface area (Å²) in [5.41, 5.74) is 0.864. The molecule has 2 atom stereocenters. The first-order chi connectivity index (χ1) is 17.5. The minimum absolute atomic E-state index is 0.0285. The maximum atomic E-state index is 14.3. The van der Waals surface area contributed by atoms with Crippen molar-refractivity contribution in [2.45, 2.75) is 57.8 Å². The monoisotopic (exact) mass is 528 g/mol. The van der Waals surface area contributed by atoms with Crippen molar-refractivity contribution in [2.24, 2.45) is 0 Å². The summed E-state index contributed by atoms with van der Waals surface area (Å²) < 4.78 is 19.7. The van der Waals surface area contributed by atoms with Crippen molar-refractivity contribution in [3.05, 3.63) is 70.6 Å². The summed E-state index contributed by atoms with van der Waals surface area (Å²) in [5.74, 6) is -1.42. The average Bonchev–Trinajstić information content (AvgIpc) is 3.49. The number of rotatable bonds is 6. The number of hydrogen-bond acceptors (Lipinski definition) is 4. The van der Waals surface area contributed by atoms with Crippen LogP contribution in [0.25, 0.3) is 10.9 Å². The fourth-order valence-electron chi connectivity index (χ4n) is 4.48. The quantitative estimate of drug-likeness (QED) is 0.426. The smallest absolute Gasteiger partial charge is 0.408 e. The number of H-pyrrole nitrogens is 1. The minimum Gasteiger partial charge on any atom is -0.444 e. The van der Waals surface area contributed by atoms with Crippen LogP contribution >= 0.6 is 11.6 Å². The van der Waals surface area contributed by atoms with Gasteiger partial charge in [0.15, 0.2) is 0 Å². The van der Waals surface area contributed by atoms with Crippen LogP contribution in [0.5, 0.6) is 0 Å². The third-order valence-corrected chi connectivity index (χ3v) is 6.46. The molecule has 3 amide bonds. The Bertz CT molecular complexity index is 1320. The van der Waals surface area contributed by atoms with Gasteiger partial charge in [-0.3, -0.25) is 9.59 Å². The Kier molecular flexibility index (Phi) is 7.73. The van der Waals surface area contributed by atoms with Crippen LogP contribution in [0.4, 0.5) is 9.18 Å². The zero-order valence-corrected chi connectivity index (χ0v) is 21.7. The molecule has 3 aromatic rings. The lowest BCUT2D eigenvalue weighted by Gasteiger charge is -2.29. The molecule has 2 unspecified atom stereocenters. The summed E-state index contributed by atoms with van der Waals surface area (Å²) in [6.07, 6.45) is 2.00. The summed E-state index contributed by atoms with van der Waals surface area (Å²) in [6, 6.07) is 10.2. The van der Waals surface area contributed by atoms with Crippen LogP contribution in [0.1, 0.15) is 50.8 Å². The number of ether oxygens (including phenoxy) is 1. The van der Waals surface area contributed by atoms with Crippen molar-refractivity contribution in [3.63, 3.8) is 0 Å². The van der Waals surface area contributed by atoms with Crippen LogP contribution in [-0.4, -0.2) is 46.0 Å². The first-order valence-corrected chi connectivity index (χ1v) is 12.5. The molecule has 1 aliphatic rings. The SMILES string of the molecule is CC(C)(C)OC(=O)NC(C(=O)N1CCCC1C(=O)NCc1cccc(Cl)c1F)c1c[nH]c2ccccc12. The number of para-hydroxylation sites is 1. The van der Waals surface area contributed by atoms with Crippen LogP contribution in [0.15, 0.2) is 48.7 Å². The summed E-state index contributed by atoms with van der Waals surface area (Å²) in [6.45, 7) is 5.49. The molecular weight excluding hydrogens is 499 g/mol. The average molecular weight is 529 g/mol. The molecule has 3 N–H and O–H groups in total. The van der Waals surface area contributed by atoms with E-state index in [1.54, 1.807) is 33.0 Å². The Hall–Kier alpha value is -3.59. The number of benzene rings is 2. The van der Waals surface area contributed by atoms with Crippen molar-refractivity contribution in [2.75, 3.05) is 6.54 Å². The normalized spacial score (nSPS) is 16.5. The van der Waals surface area contributed by atoms with Gasteiger partial charge in [-0.15, -0.1) is 0 Å². The van der Waals surface area contributed by atoms with E-state index in [0.717, 1.165) is 10.9 Å². The van der Waals surface area contributed by atoms with Crippen molar-refractivity contribution in [1.82, 2.24) is 20.5 Å². The Labute approximate surface area is 219 Å². The molecule has 2 heterocycles. The number of fused-ring (bicyclic) bond motifs is 1. The lowest BCUT2D eigenvalue weighted by atomic mass is 10.0. The van der Waals surface area contributed by atoms with Crippen LogP contribution < -0.4 is 10.6 Å². The molecule has 4 rings (SSSR count). The molecular formula is C27H30ClFN4O4. The van der Waals surface area contributed by atoms with Gasteiger partial charge in [0.1, 0.15) is 23.5 Å². The molecule has 0 saturated carbocycles. The number of amides is 3. The highest BCUT2D eigenvalue weighted by Crippen LogP contribution is 2.29.